The number of benzene rings is 3. The maximum absolute atomic E-state index is 13.4. The van der Waals surface area contributed by atoms with Gasteiger partial charge in [0.05, 0.1) is 18.2 Å². The summed E-state index contributed by atoms with van der Waals surface area (Å²) in [5, 5.41) is 11.4. The molecule has 190 valence electrons. The van der Waals surface area contributed by atoms with E-state index in [0.717, 1.165) is 12.0 Å². The Morgan fingerprint density at radius 1 is 0.973 bits per heavy atom. The van der Waals surface area contributed by atoms with Gasteiger partial charge in [-0.25, -0.2) is 0 Å². The molecule has 3 aromatic carbocycles. The summed E-state index contributed by atoms with van der Waals surface area (Å²) in [5.41, 5.74) is 2.17. The summed E-state index contributed by atoms with van der Waals surface area (Å²) < 4.78 is 17.1. The summed E-state index contributed by atoms with van der Waals surface area (Å²) in [6.45, 7) is 3.73. The first-order chi connectivity index (χ1) is 18.1. The third kappa shape index (κ3) is 5.03. The predicted molar refractivity (Wildman–Crippen MR) is 139 cm³/mol. The number of amides is 1. The van der Waals surface area contributed by atoms with Crippen molar-refractivity contribution in [2.75, 3.05) is 26.4 Å². The molecule has 2 aliphatic heterocycles. The topological polar surface area (TPSA) is 85.3 Å². The number of Topliss-reactive ketones (excluding diaryl/α,β-unsaturated/α-hetero) is 1. The van der Waals surface area contributed by atoms with Crippen LogP contribution in [0, 0.1) is 0 Å². The summed E-state index contributed by atoms with van der Waals surface area (Å²) in [6, 6.07) is 21.4. The molecule has 5 rings (SSSR count). The third-order valence-electron chi connectivity index (χ3n) is 6.49. The van der Waals surface area contributed by atoms with Crippen molar-refractivity contribution in [3.05, 3.63) is 95.1 Å². The van der Waals surface area contributed by atoms with Gasteiger partial charge in [-0.05, 0) is 54.3 Å². The molecule has 7 nitrogen and oxygen atoms in total. The minimum Gasteiger partial charge on any atom is -0.507 e. The minimum atomic E-state index is -0.762. The third-order valence-corrected chi connectivity index (χ3v) is 6.49. The standard InChI is InChI=1S/C30H29NO6/c1-2-15-35-23-10-6-9-21(18-23)27-26(28(32)22-11-12-24-25(19-22)37-17-16-36-24)29(33)30(34)31(27)14-13-20-7-4-3-5-8-20/h3-12,18-19,27,32H,2,13-17H2,1H3/b28-26+/t27-/m0/s1. The number of ketones is 1. The number of aliphatic hydroxyl groups excluding tert-OH is 1. The van der Waals surface area contributed by atoms with Gasteiger partial charge >= 0.3 is 0 Å². The van der Waals surface area contributed by atoms with Crippen LogP contribution in [0.15, 0.2) is 78.4 Å². The molecule has 0 radical (unpaired) electrons. The second kappa shape index (κ2) is 10.8. The van der Waals surface area contributed by atoms with Crippen LogP contribution in [0.5, 0.6) is 17.2 Å². The molecule has 1 fully saturated rings. The van der Waals surface area contributed by atoms with Gasteiger partial charge in [0.15, 0.2) is 11.5 Å². The van der Waals surface area contributed by atoms with Crippen LogP contribution in [0.1, 0.15) is 36.1 Å². The highest BCUT2D eigenvalue weighted by Gasteiger charge is 2.46. The van der Waals surface area contributed by atoms with Gasteiger partial charge < -0.3 is 24.2 Å². The number of carbonyl (C=O) groups is 2. The molecule has 7 heteroatoms. The van der Waals surface area contributed by atoms with Crippen LogP contribution < -0.4 is 14.2 Å². The highest BCUT2D eigenvalue weighted by atomic mass is 16.6. The minimum absolute atomic E-state index is 0.0439. The summed E-state index contributed by atoms with van der Waals surface area (Å²) in [4.78, 5) is 28.2. The van der Waals surface area contributed by atoms with E-state index in [1.54, 1.807) is 18.2 Å². The van der Waals surface area contributed by atoms with Crippen LogP contribution in [0.4, 0.5) is 0 Å². The number of hydrogen-bond acceptors (Lipinski definition) is 6. The number of hydrogen-bond donors (Lipinski definition) is 1. The van der Waals surface area contributed by atoms with Gasteiger partial charge in [0.2, 0.25) is 0 Å². The molecule has 1 amide bonds. The molecular weight excluding hydrogens is 470 g/mol. The Morgan fingerprint density at radius 2 is 1.76 bits per heavy atom. The van der Waals surface area contributed by atoms with Crippen molar-refractivity contribution in [3.63, 3.8) is 0 Å². The van der Waals surface area contributed by atoms with E-state index in [2.05, 4.69) is 0 Å². The summed E-state index contributed by atoms with van der Waals surface area (Å²) in [5.74, 6) is 0.100. The average Bonchev–Trinajstić information content (AvgIpc) is 3.20. The smallest absolute Gasteiger partial charge is 0.295 e. The number of rotatable bonds is 8. The van der Waals surface area contributed by atoms with E-state index in [9.17, 15) is 14.7 Å². The molecule has 1 atom stereocenters. The van der Waals surface area contributed by atoms with E-state index < -0.39 is 17.7 Å². The second-order valence-electron chi connectivity index (χ2n) is 9.01. The molecule has 1 saturated heterocycles. The van der Waals surface area contributed by atoms with Gasteiger partial charge in [-0.15, -0.1) is 0 Å². The SMILES string of the molecule is CCCOc1cccc([C@H]2/C(=C(\O)c3ccc4c(c3)OCCO4)C(=O)C(=O)N2CCc2ccccc2)c1. The van der Waals surface area contributed by atoms with Crippen molar-refractivity contribution in [2.24, 2.45) is 0 Å². The highest BCUT2D eigenvalue weighted by Crippen LogP contribution is 2.41. The Balaban J connectivity index is 1.57. The van der Waals surface area contributed by atoms with E-state index in [1.165, 1.54) is 4.90 Å². The van der Waals surface area contributed by atoms with Crippen LogP contribution in [-0.2, 0) is 16.0 Å². The van der Waals surface area contributed by atoms with Gasteiger partial charge in [-0.3, -0.25) is 9.59 Å². The number of nitrogens with zero attached hydrogens (tertiary/aromatic N) is 1. The molecule has 2 heterocycles. The lowest BCUT2D eigenvalue weighted by Gasteiger charge is -2.26. The monoisotopic (exact) mass is 499 g/mol. The van der Waals surface area contributed by atoms with Crippen LogP contribution in [-0.4, -0.2) is 48.1 Å². The summed E-state index contributed by atoms with van der Waals surface area (Å²) in [6.07, 6.45) is 1.42. The highest BCUT2D eigenvalue weighted by molar-refractivity contribution is 6.46. The Morgan fingerprint density at radius 3 is 2.54 bits per heavy atom. The van der Waals surface area contributed by atoms with Crippen LogP contribution >= 0.6 is 0 Å². The Hall–Kier alpha value is -4.26. The fourth-order valence-corrected chi connectivity index (χ4v) is 4.69. The zero-order valence-electron chi connectivity index (χ0n) is 20.7. The maximum atomic E-state index is 13.4. The van der Waals surface area contributed by atoms with E-state index in [0.29, 0.717) is 61.2 Å². The van der Waals surface area contributed by atoms with E-state index in [4.69, 9.17) is 14.2 Å². The van der Waals surface area contributed by atoms with Gasteiger partial charge in [-0.2, -0.15) is 0 Å². The lowest BCUT2D eigenvalue weighted by atomic mass is 9.95. The second-order valence-corrected chi connectivity index (χ2v) is 9.01. The number of fused-ring (bicyclic) bond motifs is 1. The van der Waals surface area contributed by atoms with Gasteiger partial charge in [0.25, 0.3) is 11.7 Å². The number of ether oxygens (including phenoxy) is 3. The van der Waals surface area contributed by atoms with E-state index >= 15 is 0 Å². The number of likely N-dealkylation sites (tertiary alicyclic amines) is 1. The lowest BCUT2D eigenvalue weighted by molar-refractivity contribution is -0.139. The quantitative estimate of drug-likeness (QED) is 0.269. The van der Waals surface area contributed by atoms with Crippen LogP contribution in [0.25, 0.3) is 5.76 Å². The average molecular weight is 500 g/mol. The molecule has 2 aliphatic rings. The Labute approximate surface area is 215 Å². The van der Waals surface area contributed by atoms with Crippen LogP contribution in [0.2, 0.25) is 0 Å². The maximum Gasteiger partial charge on any atom is 0.295 e. The normalized spacial score (nSPS) is 18.2. The van der Waals surface area contributed by atoms with Gasteiger partial charge in [0, 0.05) is 12.1 Å². The fourth-order valence-electron chi connectivity index (χ4n) is 4.69. The first-order valence-corrected chi connectivity index (χ1v) is 12.5. The molecule has 0 aromatic heterocycles. The first kappa shape index (κ1) is 24.4. The number of aliphatic hydroxyl groups is 1. The fraction of sp³-hybridized carbons (Fsp3) is 0.267. The van der Waals surface area contributed by atoms with Crippen molar-refractivity contribution in [1.29, 1.82) is 0 Å². The zero-order valence-corrected chi connectivity index (χ0v) is 20.7. The van der Waals surface area contributed by atoms with Crippen molar-refractivity contribution in [2.45, 2.75) is 25.8 Å². The van der Waals surface area contributed by atoms with Crippen molar-refractivity contribution in [1.82, 2.24) is 4.90 Å². The van der Waals surface area contributed by atoms with Crippen molar-refractivity contribution in [3.8, 4) is 17.2 Å². The molecule has 0 aliphatic carbocycles. The van der Waals surface area contributed by atoms with Crippen molar-refractivity contribution >= 4 is 17.4 Å². The molecule has 0 bridgehead atoms. The van der Waals surface area contributed by atoms with E-state index in [1.807, 2.05) is 61.5 Å². The molecule has 0 saturated carbocycles. The largest absolute Gasteiger partial charge is 0.507 e. The molecule has 0 unspecified atom stereocenters. The lowest BCUT2D eigenvalue weighted by Crippen LogP contribution is -2.31. The van der Waals surface area contributed by atoms with Gasteiger partial charge in [-0.1, -0.05) is 49.4 Å². The Bertz CT molecular complexity index is 1330. The predicted octanol–water partition coefficient (Wildman–Crippen LogP) is 4.91. The molecule has 37 heavy (non-hydrogen) atoms. The first-order valence-electron chi connectivity index (χ1n) is 12.5. The molecule has 3 aromatic rings. The molecule has 0 spiro atoms. The summed E-state index contributed by atoms with van der Waals surface area (Å²) in [7, 11) is 0. The van der Waals surface area contributed by atoms with Crippen LogP contribution in [0.3, 0.4) is 0 Å². The zero-order chi connectivity index (χ0) is 25.8. The number of carbonyl (C=O) groups excluding carboxylic acids is 2. The van der Waals surface area contributed by atoms with E-state index in [-0.39, 0.29) is 11.3 Å². The van der Waals surface area contributed by atoms with Crippen molar-refractivity contribution < 1.29 is 28.9 Å². The Kier molecular flexibility index (Phi) is 7.12. The van der Waals surface area contributed by atoms with Gasteiger partial charge in [0.1, 0.15) is 24.7 Å². The summed E-state index contributed by atoms with van der Waals surface area (Å²) >= 11 is 0. The molecule has 1 N–H and O–H groups in total. The molecular formula is C30H29NO6.